The van der Waals surface area contributed by atoms with Gasteiger partial charge < -0.3 is 15.8 Å². The maximum atomic E-state index is 12.2. The van der Waals surface area contributed by atoms with E-state index in [1.807, 2.05) is 13.8 Å². The van der Waals surface area contributed by atoms with Crippen LogP contribution in [0.4, 0.5) is 18.9 Å². The summed E-state index contributed by atoms with van der Waals surface area (Å²) >= 11 is 0. The van der Waals surface area contributed by atoms with Gasteiger partial charge in [0.1, 0.15) is 5.75 Å². The molecule has 2 unspecified atom stereocenters. The molecular formula is C15H21F3N2O2. The lowest BCUT2D eigenvalue weighted by atomic mass is 9.99. The Morgan fingerprint density at radius 1 is 1.41 bits per heavy atom. The Labute approximate surface area is 127 Å². The fourth-order valence-electron chi connectivity index (χ4n) is 1.79. The molecule has 0 aliphatic carbocycles. The van der Waals surface area contributed by atoms with Crippen LogP contribution in [0.2, 0.25) is 0 Å². The van der Waals surface area contributed by atoms with Crippen LogP contribution in [-0.2, 0) is 4.79 Å². The van der Waals surface area contributed by atoms with E-state index < -0.39 is 18.8 Å². The van der Waals surface area contributed by atoms with Crippen molar-refractivity contribution in [3.05, 3.63) is 23.8 Å². The number of ether oxygens (including phenoxy) is 1. The molecule has 1 aromatic rings. The Kier molecular flexibility index (Phi) is 6.22. The third kappa shape index (κ3) is 5.22. The zero-order valence-corrected chi connectivity index (χ0v) is 12.8. The zero-order valence-electron chi connectivity index (χ0n) is 12.8. The summed E-state index contributed by atoms with van der Waals surface area (Å²) in [5, 5.41) is 2.64. The van der Waals surface area contributed by atoms with E-state index in [2.05, 4.69) is 5.32 Å². The Morgan fingerprint density at radius 3 is 2.59 bits per heavy atom. The molecule has 22 heavy (non-hydrogen) atoms. The molecule has 124 valence electrons. The van der Waals surface area contributed by atoms with E-state index in [1.165, 1.54) is 12.1 Å². The van der Waals surface area contributed by atoms with E-state index >= 15 is 0 Å². The first-order valence-corrected chi connectivity index (χ1v) is 7.01. The number of carbonyl (C=O) groups is 1. The number of carbonyl (C=O) groups excluding carboxylic acids is 1. The summed E-state index contributed by atoms with van der Waals surface area (Å²) in [6, 6.07) is 3.86. The van der Waals surface area contributed by atoms with Gasteiger partial charge in [0.05, 0.1) is 6.04 Å². The predicted molar refractivity (Wildman–Crippen MR) is 78.8 cm³/mol. The van der Waals surface area contributed by atoms with Crippen LogP contribution >= 0.6 is 0 Å². The van der Waals surface area contributed by atoms with Gasteiger partial charge in [0.2, 0.25) is 5.91 Å². The van der Waals surface area contributed by atoms with Crippen molar-refractivity contribution in [2.24, 2.45) is 11.7 Å². The van der Waals surface area contributed by atoms with Crippen LogP contribution in [0.5, 0.6) is 5.75 Å². The fraction of sp³-hybridized carbons (Fsp3) is 0.533. The van der Waals surface area contributed by atoms with Crippen LogP contribution in [0.1, 0.15) is 25.8 Å². The Hall–Kier alpha value is -1.76. The van der Waals surface area contributed by atoms with Crippen LogP contribution in [0, 0.1) is 12.8 Å². The van der Waals surface area contributed by atoms with Crippen molar-refractivity contribution in [1.82, 2.24) is 0 Å². The van der Waals surface area contributed by atoms with Crippen LogP contribution in [0.25, 0.3) is 0 Å². The van der Waals surface area contributed by atoms with Gasteiger partial charge in [-0.3, -0.25) is 4.79 Å². The normalized spacial score (nSPS) is 14.3. The Morgan fingerprint density at radius 2 is 2.05 bits per heavy atom. The Balaban J connectivity index is 2.82. The molecule has 1 amide bonds. The highest BCUT2D eigenvalue weighted by atomic mass is 19.4. The van der Waals surface area contributed by atoms with Crippen molar-refractivity contribution < 1.29 is 22.7 Å². The first-order valence-electron chi connectivity index (χ1n) is 7.01. The lowest BCUT2D eigenvalue weighted by molar-refractivity contribution is -0.153. The summed E-state index contributed by atoms with van der Waals surface area (Å²) in [5.41, 5.74) is 6.65. The molecule has 0 saturated carbocycles. The summed E-state index contributed by atoms with van der Waals surface area (Å²) in [5.74, 6) is -0.289. The van der Waals surface area contributed by atoms with Crippen molar-refractivity contribution >= 4 is 11.6 Å². The van der Waals surface area contributed by atoms with Crippen LogP contribution in [-0.4, -0.2) is 24.7 Å². The molecule has 0 bridgehead atoms. The highest BCUT2D eigenvalue weighted by molar-refractivity contribution is 5.95. The molecule has 0 heterocycles. The van der Waals surface area contributed by atoms with Gasteiger partial charge in [-0.2, -0.15) is 13.2 Å². The maximum Gasteiger partial charge on any atom is 0.422 e. The molecule has 0 aliphatic heterocycles. The van der Waals surface area contributed by atoms with Crippen LogP contribution in [0.3, 0.4) is 0 Å². The number of rotatable bonds is 6. The molecular weight excluding hydrogens is 297 g/mol. The average Bonchev–Trinajstić information content (AvgIpc) is 2.45. The third-order valence-electron chi connectivity index (χ3n) is 3.49. The molecule has 0 aromatic heterocycles. The lowest BCUT2D eigenvalue weighted by Crippen LogP contribution is -2.40. The van der Waals surface area contributed by atoms with Crippen molar-refractivity contribution in [1.29, 1.82) is 0 Å². The molecule has 0 fully saturated rings. The number of hydrogen-bond acceptors (Lipinski definition) is 3. The van der Waals surface area contributed by atoms with E-state index in [-0.39, 0.29) is 17.6 Å². The van der Waals surface area contributed by atoms with Gasteiger partial charge >= 0.3 is 6.18 Å². The summed E-state index contributed by atoms with van der Waals surface area (Å²) in [4.78, 5) is 12.0. The van der Waals surface area contributed by atoms with Gasteiger partial charge in [-0.15, -0.1) is 0 Å². The summed E-state index contributed by atoms with van der Waals surface area (Å²) in [6.45, 7) is 3.99. The summed E-state index contributed by atoms with van der Waals surface area (Å²) in [6.07, 6.45) is -3.66. The number of halogens is 3. The average molecular weight is 318 g/mol. The SMILES string of the molecule is CCC(C)C(N)C(=O)Nc1cccc(OCC(F)(F)F)c1C. The molecule has 0 saturated heterocycles. The fourth-order valence-corrected chi connectivity index (χ4v) is 1.79. The number of nitrogens with two attached hydrogens (primary N) is 1. The number of alkyl halides is 3. The van der Waals surface area contributed by atoms with Crippen LogP contribution in [0.15, 0.2) is 18.2 Å². The summed E-state index contributed by atoms with van der Waals surface area (Å²) < 4.78 is 41.4. The standard InChI is InChI=1S/C15H21F3N2O2/c1-4-9(2)13(19)14(21)20-11-6-5-7-12(10(11)3)22-8-15(16,17)18/h5-7,9,13H,4,8,19H2,1-3H3,(H,20,21). The Bertz CT molecular complexity index is 518. The number of hydrogen-bond donors (Lipinski definition) is 2. The van der Waals surface area contributed by atoms with E-state index in [1.54, 1.807) is 13.0 Å². The van der Waals surface area contributed by atoms with Gasteiger partial charge in [-0.25, -0.2) is 0 Å². The van der Waals surface area contributed by atoms with Gasteiger partial charge in [0.25, 0.3) is 0 Å². The van der Waals surface area contributed by atoms with Crippen molar-refractivity contribution in [3.63, 3.8) is 0 Å². The predicted octanol–water partition coefficient (Wildman–Crippen LogP) is 3.25. The first-order chi connectivity index (χ1) is 10.2. The molecule has 3 N–H and O–H groups in total. The van der Waals surface area contributed by atoms with E-state index in [0.29, 0.717) is 11.3 Å². The number of anilines is 1. The van der Waals surface area contributed by atoms with Gasteiger partial charge in [0.15, 0.2) is 6.61 Å². The second-order valence-electron chi connectivity index (χ2n) is 5.23. The van der Waals surface area contributed by atoms with Gasteiger partial charge in [-0.1, -0.05) is 26.3 Å². The summed E-state index contributed by atoms with van der Waals surface area (Å²) in [7, 11) is 0. The molecule has 0 aliphatic rings. The molecule has 1 rings (SSSR count). The number of nitrogens with one attached hydrogen (secondary N) is 1. The van der Waals surface area contributed by atoms with Gasteiger partial charge in [-0.05, 0) is 25.0 Å². The highest BCUT2D eigenvalue weighted by Gasteiger charge is 2.29. The quantitative estimate of drug-likeness (QED) is 0.846. The minimum Gasteiger partial charge on any atom is -0.484 e. The van der Waals surface area contributed by atoms with Crippen LogP contribution < -0.4 is 15.8 Å². The molecule has 1 aromatic carbocycles. The largest absolute Gasteiger partial charge is 0.484 e. The first kappa shape index (κ1) is 18.3. The minimum atomic E-state index is -4.41. The molecule has 4 nitrogen and oxygen atoms in total. The van der Waals surface area contributed by atoms with E-state index in [0.717, 1.165) is 6.42 Å². The minimum absolute atomic E-state index is 0.00460. The third-order valence-corrected chi connectivity index (χ3v) is 3.49. The number of benzene rings is 1. The molecule has 0 spiro atoms. The molecule has 0 radical (unpaired) electrons. The lowest BCUT2D eigenvalue weighted by Gasteiger charge is -2.19. The van der Waals surface area contributed by atoms with E-state index in [4.69, 9.17) is 10.5 Å². The van der Waals surface area contributed by atoms with Gasteiger partial charge in [0, 0.05) is 11.3 Å². The molecule has 7 heteroatoms. The van der Waals surface area contributed by atoms with E-state index in [9.17, 15) is 18.0 Å². The highest BCUT2D eigenvalue weighted by Crippen LogP contribution is 2.27. The van der Waals surface area contributed by atoms with Crippen molar-refractivity contribution in [3.8, 4) is 5.75 Å². The topological polar surface area (TPSA) is 64.4 Å². The monoisotopic (exact) mass is 318 g/mol. The van der Waals surface area contributed by atoms with Crippen molar-refractivity contribution in [2.75, 3.05) is 11.9 Å². The smallest absolute Gasteiger partial charge is 0.422 e. The second-order valence-corrected chi connectivity index (χ2v) is 5.23. The number of amides is 1. The zero-order chi connectivity index (χ0) is 16.9. The molecule has 2 atom stereocenters. The second kappa shape index (κ2) is 7.49. The van der Waals surface area contributed by atoms with Crippen molar-refractivity contribution in [2.45, 2.75) is 39.4 Å². The maximum absolute atomic E-state index is 12.2.